The Hall–Kier alpha value is -3.92. The van der Waals surface area contributed by atoms with Gasteiger partial charge in [-0.05, 0) is 156 Å². The predicted molar refractivity (Wildman–Crippen MR) is 172 cm³/mol. The summed E-state index contributed by atoms with van der Waals surface area (Å²) in [7, 11) is 0. The standard InChI is InChI=1S/C37H42N2O2/c1-21-11-22(2)31(18-30(21)17-29-13-25(5)35(38-40)26(6)14-29)19-32-20-34(24(4)12-23(32)3)37(9,10)33-15-27(7)36(39-41)28(8)16-33/h11-16,18,20H,17,19H2,1-10H3. The number of rotatable bonds is 8. The van der Waals surface area contributed by atoms with E-state index in [0.717, 1.165) is 35.1 Å². The van der Waals surface area contributed by atoms with Gasteiger partial charge in [0.2, 0.25) is 0 Å². The van der Waals surface area contributed by atoms with Crippen molar-refractivity contribution in [1.82, 2.24) is 0 Å². The van der Waals surface area contributed by atoms with Crippen LogP contribution in [-0.2, 0) is 18.3 Å². The molecule has 0 aromatic heterocycles. The summed E-state index contributed by atoms with van der Waals surface area (Å²) >= 11 is 0. The lowest BCUT2D eigenvalue weighted by molar-refractivity contribution is 0.633. The number of aryl methyl sites for hydroxylation is 8. The molecule has 0 aliphatic carbocycles. The zero-order valence-electron chi connectivity index (χ0n) is 26.2. The number of nitroso groups, excluding NO2 is 2. The lowest BCUT2D eigenvalue weighted by atomic mass is 9.74. The van der Waals surface area contributed by atoms with Crippen LogP contribution in [0.25, 0.3) is 0 Å². The number of hydrogen-bond acceptors (Lipinski definition) is 4. The molecule has 4 nitrogen and oxygen atoms in total. The zero-order valence-corrected chi connectivity index (χ0v) is 26.2. The largest absolute Gasteiger partial charge is 0.145 e. The first-order chi connectivity index (χ1) is 19.3. The van der Waals surface area contributed by atoms with Gasteiger partial charge in [-0.25, -0.2) is 0 Å². The summed E-state index contributed by atoms with van der Waals surface area (Å²) in [4.78, 5) is 22.6. The van der Waals surface area contributed by atoms with Crippen LogP contribution in [0, 0.1) is 65.2 Å². The van der Waals surface area contributed by atoms with Crippen LogP contribution in [-0.4, -0.2) is 0 Å². The first-order valence-corrected chi connectivity index (χ1v) is 14.3. The van der Waals surface area contributed by atoms with Crippen LogP contribution in [0.1, 0.15) is 91.7 Å². The Bertz CT molecular complexity index is 1630. The van der Waals surface area contributed by atoms with E-state index in [-0.39, 0.29) is 5.41 Å². The van der Waals surface area contributed by atoms with E-state index in [2.05, 4.69) is 100 Å². The molecule has 0 fully saturated rings. The number of hydrogen-bond donors (Lipinski definition) is 0. The van der Waals surface area contributed by atoms with Crippen molar-refractivity contribution in [2.45, 2.75) is 87.5 Å². The molecule has 212 valence electrons. The van der Waals surface area contributed by atoms with E-state index in [4.69, 9.17) is 0 Å². The summed E-state index contributed by atoms with van der Waals surface area (Å²) < 4.78 is 0. The minimum Gasteiger partial charge on any atom is -0.145 e. The average Bonchev–Trinajstić information content (AvgIpc) is 2.87. The molecule has 0 saturated carbocycles. The quantitative estimate of drug-likeness (QED) is 0.206. The normalized spacial score (nSPS) is 11.6. The highest BCUT2D eigenvalue weighted by atomic mass is 16.3. The topological polar surface area (TPSA) is 58.9 Å². The molecule has 0 heterocycles. The van der Waals surface area contributed by atoms with Gasteiger partial charge in [0.1, 0.15) is 11.4 Å². The maximum absolute atomic E-state index is 11.4. The van der Waals surface area contributed by atoms with Crippen molar-refractivity contribution in [2.75, 3.05) is 0 Å². The van der Waals surface area contributed by atoms with Crippen LogP contribution in [0.4, 0.5) is 11.4 Å². The third kappa shape index (κ3) is 5.93. The molecule has 0 amide bonds. The summed E-state index contributed by atoms with van der Waals surface area (Å²) in [6.45, 7) is 21.1. The van der Waals surface area contributed by atoms with E-state index in [0.29, 0.717) is 11.4 Å². The molecule has 0 saturated heterocycles. The molecule has 0 aliphatic rings. The van der Waals surface area contributed by atoms with E-state index in [1.165, 1.54) is 55.6 Å². The van der Waals surface area contributed by atoms with Crippen molar-refractivity contribution < 1.29 is 0 Å². The highest BCUT2D eigenvalue weighted by molar-refractivity contribution is 5.58. The van der Waals surface area contributed by atoms with Gasteiger partial charge in [-0.15, -0.1) is 9.81 Å². The van der Waals surface area contributed by atoms with Crippen LogP contribution in [0.5, 0.6) is 0 Å². The Morgan fingerprint density at radius 3 is 1.39 bits per heavy atom. The highest BCUT2D eigenvalue weighted by Crippen LogP contribution is 2.39. The molecular weight excluding hydrogens is 504 g/mol. The van der Waals surface area contributed by atoms with Crippen molar-refractivity contribution >= 4 is 11.4 Å². The molecule has 0 radical (unpaired) electrons. The maximum atomic E-state index is 11.4. The SMILES string of the molecule is Cc1cc(C)c(Cc2cc(C(C)(C)c3cc(C)c(N=O)c(C)c3)c(C)cc2C)cc1Cc1cc(C)c(N=O)c(C)c1. The Labute approximate surface area is 245 Å². The van der Waals surface area contributed by atoms with Crippen molar-refractivity contribution in [2.24, 2.45) is 10.4 Å². The van der Waals surface area contributed by atoms with E-state index >= 15 is 0 Å². The van der Waals surface area contributed by atoms with Crippen LogP contribution in [0.3, 0.4) is 0 Å². The molecule has 41 heavy (non-hydrogen) atoms. The third-order valence-electron chi connectivity index (χ3n) is 8.87. The van der Waals surface area contributed by atoms with E-state index in [1.54, 1.807) is 0 Å². The lowest BCUT2D eigenvalue weighted by Crippen LogP contribution is -2.21. The van der Waals surface area contributed by atoms with Crippen LogP contribution in [0.2, 0.25) is 0 Å². The van der Waals surface area contributed by atoms with Gasteiger partial charge in [0.25, 0.3) is 0 Å². The van der Waals surface area contributed by atoms with E-state index in [9.17, 15) is 9.81 Å². The van der Waals surface area contributed by atoms with Crippen molar-refractivity contribution in [3.8, 4) is 0 Å². The Balaban J connectivity index is 1.73. The summed E-state index contributed by atoms with van der Waals surface area (Å²) in [5.41, 5.74) is 17.3. The molecule has 4 heteroatoms. The minimum absolute atomic E-state index is 0.241. The number of nitrogens with zero attached hydrogens (tertiary/aromatic N) is 2. The van der Waals surface area contributed by atoms with Gasteiger partial charge in [-0.1, -0.05) is 62.4 Å². The monoisotopic (exact) mass is 546 g/mol. The Kier molecular flexibility index (Phi) is 8.44. The lowest BCUT2D eigenvalue weighted by Gasteiger charge is -2.30. The second kappa shape index (κ2) is 11.5. The maximum Gasteiger partial charge on any atom is 0.113 e. The zero-order chi connectivity index (χ0) is 30.2. The molecular formula is C37H42N2O2. The highest BCUT2D eigenvalue weighted by Gasteiger charge is 2.27. The molecule has 0 N–H and O–H groups in total. The fourth-order valence-corrected chi connectivity index (χ4v) is 6.42. The van der Waals surface area contributed by atoms with Crippen molar-refractivity contribution in [1.29, 1.82) is 0 Å². The van der Waals surface area contributed by atoms with Gasteiger partial charge in [0, 0.05) is 5.41 Å². The molecule has 0 bridgehead atoms. The first kappa shape index (κ1) is 30.0. The third-order valence-corrected chi connectivity index (χ3v) is 8.87. The predicted octanol–water partition coefficient (Wildman–Crippen LogP) is 10.5. The van der Waals surface area contributed by atoms with Gasteiger partial charge in [0.15, 0.2) is 0 Å². The molecule has 0 unspecified atom stereocenters. The summed E-state index contributed by atoms with van der Waals surface area (Å²) in [5.74, 6) is 0. The van der Waals surface area contributed by atoms with Gasteiger partial charge in [0.05, 0.1) is 0 Å². The minimum atomic E-state index is -0.241. The van der Waals surface area contributed by atoms with E-state index < -0.39 is 0 Å². The van der Waals surface area contributed by atoms with Crippen LogP contribution < -0.4 is 0 Å². The number of benzene rings is 4. The second-order valence-corrected chi connectivity index (χ2v) is 12.5. The van der Waals surface area contributed by atoms with Crippen molar-refractivity contribution in [3.63, 3.8) is 0 Å². The molecule has 0 spiro atoms. The molecule has 4 aromatic carbocycles. The van der Waals surface area contributed by atoms with Gasteiger partial charge in [-0.2, -0.15) is 0 Å². The molecule has 4 rings (SSSR count). The van der Waals surface area contributed by atoms with Crippen LogP contribution >= 0.6 is 0 Å². The van der Waals surface area contributed by atoms with E-state index in [1.807, 2.05) is 27.7 Å². The fourth-order valence-electron chi connectivity index (χ4n) is 6.42. The average molecular weight is 547 g/mol. The Morgan fingerprint density at radius 2 is 0.902 bits per heavy atom. The van der Waals surface area contributed by atoms with Crippen LogP contribution in [0.15, 0.2) is 58.9 Å². The van der Waals surface area contributed by atoms with Gasteiger partial charge in [-0.3, -0.25) is 0 Å². The molecule has 0 aliphatic heterocycles. The summed E-state index contributed by atoms with van der Waals surface area (Å²) in [6, 6.07) is 17.8. The second-order valence-electron chi connectivity index (χ2n) is 12.5. The van der Waals surface area contributed by atoms with Gasteiger partial charge < -0.3 is 0 Å². The molecule has 4 aromatic rings. The molecule has 0 atom stereocenters. The smallest absolute Gasteiger partial charge is 0.113 e. The summed E-state index contributed by atoms with van der Waals surface area (Å²) in [5, 5.41) is 6.47. The summed E-state index contributed by atoms with van der Waals surface area (Å²) in [6.07, 6.45) is 1.67. The van der Waals surface area contributed by atoms with Crippen molar-refractivity contribution in [3.05, 3.63) is 136 Å². The Morgan fingerprint density at radius 1 is 0.488 bits per heavy atom. The van der Waals surface area contributed by atoms with Gasteiger partial charge >= 0.3 is 0 Å². The first-order valence-electron chi connectivity index (χ1n) is 14.3. The fraction of sp³-hybridized carbons (Fsp3) is 0.351.